The third-order valence-electron chi connectivity index (χ3n) is 5.35. The van der Waals surface area contributed by atoms with Crippen LogP contribution in [0.4, 0.5) is 5.69 Å². The molecule has 2 aliphatic rings. The summed E-state index contributed by atoms with van der Waals surface area (Å²) in [6.07, 6.45) is 9.53. The van der Waals surface area contributed by atoms with Crippen molar-refractivity contribution < 1.29 is 4.74 Å². The molecule has 0 spiro atoms. The van der Waals surface area contributed by atoms with Gasteiger partial charge in [-0.1, -0.05) is 42.8 Å². The Labute approximate surface area is 172 Å². The first kappa shape index (κ1) is 19.1. The van der Waals surface area contributed by atoms with E-state index in [9.17, 15) is 0 Å². The van der Waals surface area contributed by atoms with Gasteiger partial charge in [-0.15, -0.1) is 0 Å². The van der Waals surface area contributed by atoms with Gasteiger partial charge in [0.2, 0.25) is 0 Å². The van der Waals surface area contributed by atoms with Crippen LogP contribution >= 0.6 is 11.6 Å². The third kappa shape index (κ3) is 4.60. The van der Waals surface area contributed by atoms with Gasteiger partial charge < -0.3 is 15.4 Å². The molecule has 0 bridgehead atoms. The lowest BCUT2D eigenvalue weighted by Gasteiger charge is -2.17. The Morgan fingerprint density at radius 2 is 1.93 bits per heavy atom. The molecule has 0 aromatic heterocycles. The Morgan fingerprint density at radius 3 is 2.75 bits per heavy atom. The van der Waals surface area contributed by atoms with Gasteiger partial charge in [0.1, 0.15) is 11.5 Å². The topological polar surface area (TPSA) is 33.3 Å². The highest BCUT2D eigenvalue weighted by molar-refractivity contribution is 6.33. The van der Waals surface area contributed by atoms with Gasteiger partial charge in [0.25, 0.3) is 0 Å². The van der Waals surface area contributed by atoms with E-state index in [1.54, 1.807) is 0 Å². The van der Waals surface area contributed by atoms with E-state index in [1.165, 1.54) is 16.7 Å². The summed E-state index contributed by atoms with van der Waals surface area (Å²) in [5.41, 5.74) is 5.02. The van der Waals surface area contributed by atoms with Gasteiger partial charge >= 0.3 is 0 Å². The zero-order valence-corrected chi connectivity index (χ0v) is 17.1. The molecule has 146 valence electrons. The molecular weight excluding hydrogens is 368 g/mol. The molecule has 4 heteroatoms. The molecule has 1 aliphatic carbocycles. The summed E-state index contributed by atoms with van der Waals surface area (Å²) < 4.78 is 5.98. The molecule has 1 unspecified atom stereocenters. The van der Waals surface area contributed by atoms with Gasteiger partial charge in [-0.3, -0.25) is 0 Å². The second-order valence-electron chi connectivity index (χ2n) is 7.59. The maximum absolute atomic E-state index is 6.51. The lowest BCUT2D eigenvalue weighted by Crippen LogP contribution is -2.16. The molecule has 0 amide bonds. The molecule has 0 saturated heterocycles. The number of rotatable bonds is 5. The van der Waals surface area contributed by atoms with Crippen LogP contribution in [0.3, 0.4) is 0 Å². The molecule has 0 fully saturated rings. The van der Waals surface area contributed by atoms with Gasteiger partial charge in [0, 0.05) is 6.54 Å². The quantitative estimate of drug-likeness (QED) is 0.702. The van der Waals surface area contributed by atoms with Crippen LogP contribution in [0.15, 0.2) is 60.4 Å². The van der Waals surface area contributed by atoms with Crippen LogP contribution in [0, 0.1) is 5.92 Å². The Hall–Kier alpha value is -2.23. The highest BCUT2D eigenvalue weighted by atomic mass is 35.5. The van der Waals surface area contributed by atoms with Crippen molar-refractivity contribution in [2.75, 3.05) is 18.4 Å². The van der Waals surface area contributed by atoms with Crippen molar-refractivity contribution in [3.63, 3.8) is 0 Å². The number of fused-ring (bicyclic) bond motifs is 1. The Kier molecular flexibility index (Phi) is 6.04. The van der Waals surface area contributed by atoms with Crippen LogP contribution in [-0.4, -0.2) is 13.1 Å². The largest absolute Gasteiger partial charge is 0.458 e. The van der Waals surface area contributed by atoms with Gasteiger partial charge in [0.15, 0.2) is 0 Å². The molecule has 2 aromatic rings. The number of halogens is 1. The fourth-order valence-electron chi connectivity index (χ4n) is 3.81. The minimum atomic E-state index is 0.532. The fraction of sp³-hybridized carbons (Fsp3) is 0.333. The SMILES string of the molecule is CC1C=C(Oc2ccc(CNc3c(Cl)ccc4c3CCNCC4)cc2)C=CC1. The number of ether oxygens (including phenoxy) is 1. The van der Waals surface area contributed by atoms with E-state index in [-0.39, 0.29) is 0 Å². The van der Waals surface area contributed by atoms with E-state index >= 15 is 0 Å². The zero-order valence-electron chi connectivity index (χ0n) is 16.3. The fourth-order valence-corrected chi connectivity index (χ4v) is 4.05. The number of allylic oxidation sites excluding steroid dienone is 3. The third-order valence-corrected chi connectivity index (χ3v) is 5.66. The van der Waals surface area contributed by atoms with Gasteiger partial charge in [-0.25, -0.2) is 0 Å². The average Bonchev–Trinajstić information content (AvgIpc) is 2.94. The molecule has 4 rings (SSSR count). The van der Waals surface area contributed by atoms with Gasteiger partial charge in [0.05, 0.1) is 10.7 Å². The average molecular weight is 395 g/mol. The van der Waals surface area contributed by atoms with E-state index in [2.05, 4.69) is 47.9 Å². The second kappa shape index (κ2) is 8.85. The first-order valence-electron chi connectivity index (χ1n) is 10.1. The van der Waals surface area contributed by atoms with E-state index in [4.69, 9.17) is 16.3 Å². The predicted octanol–water partition coefficient (Wildman–Crippen LogP) is 5.50. The van der Waals surface area contributed by atoms with Crippen LogP contribution in [0.2, 0.25) is 5.02 Å². The van der Waals surface area contributed by atoms with Crippen molar-refractivity contribution >= 4 is 17.3 Å². The smallest absolute Gasteiger partial charge is 0.127 e. The Balaban J connectivity index is 1.42. The highest BCUT2D eigenvalue weighted by Gasteiger charge is 2.14. The Bertz CT molecular complexity index is 886. The number of anilines is 1. The molecule has 3 nitrogen and oxygen atoms in total. The summed E-state index contributed by atoms with van der Waals surface area (Å²) in [4.78, 5) is 0. The summed E-state index contributed by atoms with van der Waals surface area (Å²) >= 11 is 6.51. The first-order chi connectivity index (χ1) is 13.7. The van der Waals surface area contributed by atoms with E-state index < -0.39 is 0 Å². The van der Waals surface area contributed by atoms with Crippen molar-refractivity contribution in [3.05, 3.63) is 82.1 Å². The summed E-state index contributed by atoms with van der Waals surface area (Å²) in [6.45, 7) is 4.97. The summed E-state index contributed by atoms with van der Waals surface area (Å²) in [6, 6.07) is 12.4. The van der Waals surface area contributed by atoms with Gasteiger partial charge in [-0.2, -0.15) is 0 Å². The van der Waals surface area contributed by atoms with E-state index in [0.29, 0.717) is 5.92 Å². The molecule has 2 N–H and O–H groups in total. The molecule has 1 atom stereocenters. The van der Waals surface area contributed by atoms with E-state index in [1.807, 2.05) is 24.3 Å². The number of benzene rings is 2. The maximum Gasteiger partial charge on any atom is 0.127 e. The maximum atomic E-state index is 6.51. The van der Waals surface area contributed by atoms with Crippen molar-refractivity contribution in [1.29, 1.82) is 0 Å². The van der Waals surface area contributed by atoms with Crippen LogP contribution in [0.5, 0.6) is 5.75 Å². The summed E-state index contributed by atoms with van der Waals surface area (Å²) in [5, 5.41) is 7.83. The minimum absolute atomic E-state index is 0.532. The van der Waals surface area contributed by atoms with Crippen molar-refractivity contribution in [1.82, 2.24) is 5.32 Å². The molecule has 1 heterocycles. The molecule has 2 aromatic carbocycles. The minimum Gasteiger partial charge on any atom is -0.458 e. The Morgan fingerprint density at radius 1 is 1.11 bits per heavy atom. The number of nitrogens with one attached hydrogen (secondary N) is 2. The zero-order chi connectivity index (χ0) is 19.3. The second-order valence-corrected chi connectivity index (χ2v) is 8.00. The standard InChI is InChI=1S/C24H27ClN2O/c1-17-3-2-4-21(15-17)28-20-8-5-18(6-9-20)16-27-24-22-12-14-26-13-11-19(22)7-10-23(24)25/h2,4-10,15,17,26-27H,3,11-14,16H2,1H3. The van der Waals surface area contributed by atoms with Crippen molar-refractivity contribution in [2.45, 2.75) is 32.7 Å². The molecule has 0 radical (unpaired) electrons. The normalized spacial score (nSPS) is 18.8. The molecular formula is C24H27ClN2O. The molecule has 1 aliphatic heterocycles. The highest BCUT2D eigenvalue weighted by Crippen LogP contribution is 2.31. The monoisotopic (exact) mass is 394 g/mol. The number of hydrogen-bond acceptors (Lipinski definition) is 3. The molecule has 0 saturated carbocycles. The number of hydrogen-bond donors (Lipinski definition) is 2. The van der Waals surface area contributed by atoms with E-state index in [0.717, 1.165) is 61.1 Å². The van der Waals surface area contributed by atoms with Crippen LogP contribution in [0.1, 0.15) is 30.0 Å². The van der Waals surface area contributed by atoms with Crippen molar-refractivity contribution in [2.24, 2.45) is 5.92 Å². The van der Waals surface area contributed by atoms with Gasteiger partial charge in [-0.05, 0) is 85.3 Å². The lowest BCUT2D eigenvalue weighted by atomic mass is 10.0. The summed E-state index contributed by atoms with van der Waals surface area (Å²) in [7, 11) is 0. The predicted molar refractivity (Wildman–Crippen MR) is 117 cm³/mol. The molecule has 28 heavy (non-hydrogen) atoms. The van der Waals surface area contributed by atoms with Crippen LogP contribution in [-0.2, 0) is 19.4 Å². The summed E-state index contributed by atoms with van der Waals surface area (Å²) in [5.74, 6) is 2.33. The van der Waals surface area contributed by atoms with Crippen molar-refractivity contribution in [3.8, 4) is 5.75 Å². The van der Waals surface area contributed by atoms with Crippen LogP contribution < -0.4 is 15.4 Å². The first-order valence-corrected chi connectivity index (χ1v) is 10.5. The van der Waals surface area contributed by atoms with Crippen LogP contribution in [0.25, 0.3) is 0 Å². The lowest BCUT2D eigenvalue weighted by molar-refractivity contribution is 0.432.